The van der Waals surface area contributed by atoms with E-state index in [4.69, 9.17) is 0 Å². The van der Waals surface area contributed by atoms with Gasteiger partial charge in [-0.1, -0.05) is 6.92 Å². The molecule has 1 aromatic carbocycles. The fraction of sp³-hybridized carbons (Fsp3) is 0.360. The maximum atomic E-state index is 14.5. The predicted molar refractivity (Wildman–Crippen MR) is 123 cm³/mol. The average molecular weight is 470 g/mol. The number of amides is 1. The molecule has 2 N–H and O–H groups in total. The van der Waals surface area contributed by atoms with Crippen LogP contribution in [0.15, 0.2) is 48.7 Å². The zero-order chi connectivity index (χ0) is 24.3. The van der Waals surface area contributed by atoms with Gasteiger partial charge in [-0.05, 0) is 68.7 Å². The molecule has 2 aromatic heterocycles. The minimum atomic E-state index is -1.17. The third-order valence-corrected chi connectivity index (χ3v) is 5.80. The first-order chi connectivity index (χ1) is 16.2. The van der Waals surface area contributed by atoms with Gasteiger partial charge in [-0.25, -0.2) is 13.2 Å². The Morgan fingerprint density at radius 3 is 2.59 bits per heavy atom. The van der Waals surface area contributed by atoms with Crippen molar-refractivity contribution in [2.75, 3.05) is 11.9 Å². The zero-order valence-electron chi connectivity index (χ0n) is 19.0. The van der Waals surface area contributed by atoms with Gasteiger partial charge in [-0.2, -0.15) is 0 Å². The third kappa shape index (κ3) is 5.52. The lowest BCUT2D eigenvalue weighted by Crippen LogP contribution is -2.35. The van der Waals surface area contributed by atoms with E-state index in [2.05, 4.69) is 25.8 Å². The number of aromatic nitrogens is 3. The Balaban J connectivity index is 1.50. The number of halogens is 3. The summed E-state index contributed by atoms with van der Waals surface area (Å²) < 4.78 is 42.8. The maximum Gasteiger partial charge on any atom is 0.251 e. The van der Waals surface area contributed by atoms with Gasteiger partial charge in [0.2, 0.25) is 0 Å². The molecule has 0 radical (unpaired) electrons. The van der Waals surface area contributed by atoms with Crippen LogP contribution in [0, 0.1) is 11.6 Å². The van der Waals surface area contributed by atoms with Gasteiger partial charge < -0.3 is 10.6 Å². The molecule has 2 atom stereocenters. The monoisotopic (exact) mass is 469 g/mol. The lowest BCUT2D eigenvalue weighted by Gasteiger charge is -2.30. The van der Waals surface area contributed by atoms with Crippen molar-refractivity contribution in [2.45, 2.75) is 50.7 Å². The van der Waals surface area contributed by atoms with Crippen molar-refractivity contribution in [1.29, 1.82) is 0 Å². The summed E-state index contributed by atoms with van der Waals surface area (Å²) in [6.07, 6.45) is 2.27. The van der Waals surface area contributed by atoms with Crippen LogP contribution in [0.3, 0.4) is 0 Å². The SMILES string of the molecule is C[C@H](F)C[C@@](C)(CNc1ccc(-c2cc(C(=O)NC3CC3)ccc2F)nn1)c1ncccc1F. The van der Waals surface area contributed by atoms with E-state index in [1.807, 2.05) is 0 Å². The summed E-state index contributed by atoms with van der Waals surface area (Å²) in [6, 6.07) is 10.3. The maximum absolute atomic E-state index is 14.5. The van der Waals surface area contributed by atoms with Gasteiger partial charge in [0.1, 0.15) is 17.5 Å². The van der Waals surface area contributed by atoms with Gasteiger partial charge in [0.15, 0.2) is 0 Å². The van der Waals surface area contributed by atoms with E-state index in [1.54, 1.807) is 19.1 Å². The molecule has 0 bridgehead atoms. The lowest BCUT2D eigenvalue weighted by atomic mass is 9.81. The fourth-order valence-corrected chi connectivity index (χ4v) is 3.92. The van der Waals surface area contributed by atoms with Crippen molar-refractivity contribution in [1.82, 2.24) is 20.5 Å². The molecule has 1 saturated carbocycles. The Bertz CT molecular complexity index is 1170. The van der Waals surface area contributed by atoms with E-state index < -0.39 is 23.2 Å². The summed E-state index contributed by atoms with van der Waals surface area (Å²) in [5.41, 5.74) is 0.00444. The van der Waals surface area contributed by atoms with E-state index in [0.29, 0.717) is 11.4 Å². The molecule has 9 heteroatoms. The summed E-state index contributed by atoms with van der Waals surface area (Å²) in [5.74, 6) is -0.915. The van der Waals surface area contributed by atoms with Crippen LogP contribution in [0.5, 0.6) is 0 Å². The molecule has 0 aliphatic heterocycles. The highest BCUT2D eigenvalue weighted by Gasteiger charge is 2.33. The number of anilines is 1. The third-order valence-electron chi connectivity index (χ3n) is 5.80. The zero-order valence-corrected chi connectivity index (χ0v) is 19.0. The van der Waals surface area contributed by atoms with Gasteiger partial charge in [-0.15, -0.1) is 10.2 Å². The minimum Gasteiger partial charge on any atom is -0.368 e. The standard InChI is InChI=1S/C25H26F3N5O/c1-15(26)13-25(2,23-20(28)4-3-11-29-23)14-30-22-10-9-21(32-33-22)18-12-16(5-8-19(18)27)24(34)31-17-6-7-17/h3-5,8-12,15,17H,6-7,13-14H2,1-2H3,(H,30,33)(H,31,34)/t15-,25-/m0/s1. The predicted octanol–water partition coefficient (Wildman–Crippen LogP) is 4.83. The molecule has 34 heavy (non-hydrogen) atoms. The molecule has 3 aromatic rings. The molecular formula is C25H26F3N5O. The molecule has 2 heterocycles. The van der Waals surface area contributed by atoms with E-state index in [1.165, 1.54) is 43.5 Å². The molecule has 4 rings (SSSR count). The van der Waals surface area contributed by atoms with Gasteiger partial charge in [-0.3, -0.25) is 9.78 Å². The second-order valence-electron chi connectivity index (χ2n) is 8.98. The topological polar surface area (TPSA) is 79.8 Å². The van der Waals surface area contributed by atoms with Crippen molar-refractivity contribution >= 4 is 11.7 Å². The number of hydrogen-bond acceptors (Lipinski definition) is 5. The molecule has 1 aliphatic rings. The van der Waals surface area contributed by atoms with Gasteiger partial charge in [0.05, 0.1) is 17.6 Å². The highest BCUT2D eigenvalue weighted by atomic mass is 19.1. The molecular weight excluding hydrogens is 443 g/mol. The second kappa shape index (κ2) is 9.79. The lowest BCUT2D eigenvalue weighted by molar-refractivity contribution is 0.0951. The van der Waals surface area contributed by atoms with Crippen molar-refractivity contribution in [3.8, 4) is 11.3 Å². The van der Waals surface area contributed by atoms with E-state index in [9.17, 15) is 18.0 Å². The Hall–Kier alpha value is -3.49. The van der Waals surface area contributed by atoms with Crippen molar-refractivity contribution in [3.63, 3.8) is 0 Å². The van der Waals surface area contributed by atoms with Gasteiger partial charge >= 0.3 is 0 Å². The number of carbonyl (C=O) groups is 1. The molecule has 6 nitrogen and oxygen atoms in total. The van der Waals surface area contributed by atoms with Crippen molar-refractivity contribution < 1.29 is 18.0 Å². The quantitative estimate of drug-likeness (QED) is 0.469. The normalized spacial score (nSPS) is 15.9. The van der Waals surface area contributed by atoms with E-state index >= 15 is 0 Å². The molecule has 1 fully saturated rings. The van der Waals surface area contributed by atoms with Crippen LogP contribution >= 0.6 is 0 Å². The summed E-state index contributed by atoms with van der Waals surface area (Å²) in [5, 5.41) is 14.1. The number of carbonyl (C=O) groups excluding carboxylic acids is 1. The highest BCUT2D eigenvalue weighted by Crippen LogP contribution is 2.31. The summed E-state index contributed by atoms with van der Waals surface area (Å²) in [7, 11) is 0. The van der Waals surface area contributed by atoms with Crippen LogP contribution in [0.25, 0.3) is 11.3 Å². The summed E-state index contributed by atoms with van der Waals surface area (Å²) >= 11 is 0. The van der Waals surface area contributed by atoms with Crippen LogP contribution < -0.4 is 10.6 Å². The van der Waals surface area contributed by atoms with Gasteiger partial charge in [0.25, 0.3) is 5.91 Å². The molecule has 0 spiro atoms. The van der Waals surface area contributed by atoms with Gasteiger partial charge in [0, 0.05) is 35.3 Å². The largest absolute Gasteiger partial charge is 0.368 e. The number of benzene rings is 1. The number of hydrogen-bond donors (Lipinski definition) is 2. The molecule has 0 unspecified atom stereocenters. The summed E-state index contributed by atoms with van der Waals surface area (Å²) in [6.45, 7) is 3.31. The van der Waals surface area contributed by atoms with Crippen LogP contribution in [-0.2, 0) is 5.41 Å². The molecule has 1 amide bonds. The van der Waals surface area contributed by atoms with Crippen LogP contribution in [0.2, 0.25) is 0 Å². The van der Waals surface area contributed by atoms with Crippen LogP contribution in [0.4, 0.5) is 19.0 Å². The first kappa shape index (κ1) is 23.7. The smallest absolute Gasteiger partial charge is 0.251 e. The highest BCUT2D eigenvalue weighted by molar-refractivity contribution is 5.95. The van der Waals surface area contributed by atoms with E-state index in [-0.39, 0.29) is 41.9 Å². The average Bonchev–Trinajstić information content (AvgIpc) is 3.62. The van der Waals surface area contributed by atoms with Crippen LogP contribution in [-0.4, -0.2) is 39.8 Å². The Morgan fingerprint density at radius 2 is 1.94 bits per heavy atom. The number of alkyl halides is 1. The van der Waals surface area contributed by atoms with Crippen molar-refractivity contribution in [2.24, 2.45) is 0 Å². The Kier molecular flexibility index (Phi) is 6.81. The molecule has 178 valence electrons. The number of rotatable bonds is 9. The molecule has 0 saturated heterocycles. The number of nitrogens with zero attached hydrogens (tertiary/aromatic N) is 3. The minimum absolute atomic E-state index is 0.0559. The first-order valence-electron chi connectivity index (χ1n) is 11.2. The van der Waals surface area contributed by atoms with Crippen LogP contribution in [0.1, 0.15) is 49.2 Å². The number of nitrogens with one attached hydrogen (secondary N) is 2. The Morgan fingerprint density at radius 1 is 1.15 bits per heavy atom. The molecule has 1 aliphatic carbocycles. The second-order valence-corrected chi connectivity index (χ2v) is 8.98. The number of pyridine rings is 1. The first-order valence-corrected chi connectivity index (χ1v) is 11.2. The fourth-order valence-electron chi connectivity index (χ4n) is 3.92. The summed E-state index contributed by atoms with van der Waals surface area (Å²) in [4.78, 5) is 16.4. The Labute approximate surface area is 196 Å². The van der Waals surface area contributed by atoms with Crippen molar-refractivity contribution in [3.05, 3.63) is 71.6 Å². The van der Waals surface area contributed by atoms with E-state index in [0.717, 1.165) is 12.8 Å².